The van der Waals surface area contributed by atoms with Gasteiger partial charge in [-0.2, -0.15) is 0 Å². The molecule has 0 saturated heterocycles. The minimum absolute atomic E-state index is 0.287. The molecule has 0 rings (SSSR count). The van der Waals surface area contributed by atoms with Gasteiger partial charge in [0.05, 0.1) is 0 Å². The fraction of sp³-hybridized carbons (Fsp3) is 0.950. The summed E-state index contributed by atoms with van der Waals surface area (Å²) in [4.78, 5) is 10.3. The molecule has 4 N–H and O–H groups in total. The predicted molar refractivity (Wildman–Crippen MR) is 106 cm³/mol. The Bertz CT molecular complexity index is 246. The molecule has 4 nitrogen and oxygen atoms in total. The van der Waals surface area contributed by atoms with Crippen LogP contribution in [0.25, 0.3) is 0 Å². The van der Waals surface area contributed by atoms with Gasteiger partial charge in [-0.15, -0.1) is 0 Å². The van der Waals surface area contributed by atoms with E-state index in [0.717, 1.165) is 19.4 Å². The Kier molecular flexibility index (Phi) is 23.9. The van der Waals surface area contributed by atoms with E-state index in [1.807, 2.05) is 14.0 Å². The minimum atomic E-state index is -0.655. The summed E-state index contributed by atoms with van der Waals surface area (Å²) in [5.41, 5.74) is 5.34. The Morgan fingerprint density at radius 2 is 1.25 bits per heavy atom. The normalized spacial score (nSPS) is 11.7. The SMILES string of the molecule is CCCCCCCCCCCCCCCC(=O)O.CNCC(C)N. The fourth-order valence-corrected chi connectivity index (χ4v) is 2.62. The van der Waals surface area contributed by atoms with Gasteiger partial charge < -0.3 is 16.2 Å². The summed E-state index contributed by atoms with van der Waals surface area (Å²) in [5, 5.41) is 11.4. The Hall–Kier alpha value is -0.610. The predicted octanol–water partition coefficient (Wildman–Crippen LogP) is 5.11. The maximum Gasteiger partial charge on any atom is 0.303 e. The van der Waals surface area contributed by atoms with Crippen LogP contribution in [-0.2, 0) is 4.79 Å². The third-order valence-corrected chi connectivity index (χ3v) is 4.02. The fourth-order valence-electron chi connectivity index (χ4n) is 2.62. The lowest BCUT2D eigenvalue weighted by Gasteiger charge is -2.02. The molecule has 0 aromatic heterocycles. The Morgan fingerprint density at radius 1 is 0.875 bits per heavy atom. The molecule has 0 spiro atoms. The van der Waals surface area contributed by atoms with Crippen LogP contribution >= 0.6 is 0 Å². The smallest absolute Gasteiger partial charge is 0.303 e. The molecule has 0 aliphatic rings. The lowest BCUT2D eigenvalue weighted by Crippen LogP contribution is -2.28. The van der Waals surface area contributed by atoms with Crippen LogP contribution in [0.3, 0.4) is 0 Å². The number of nitrogens with two attached hydrogens (primary N) is 1. The standard InChI is InChI=1S/C16H32O2.C4H12N2/c1-2-3-4-5-6-7-8-9-10-11-12-13-14-15-16(17)18;1-4(5)3-6-2/h2-15H2,1H3,(H,17,18);4,6H,3,5H2,1-2H3. The molecule has 0 heterocycles. The van der Waals surface area contributed by atoms with Gasteiger partial charge in [0, 0.05) is 19.0 Å². The van der Waals surface area contributed by atoms with Crippen molar-refractivity contribution in [3.8, 4) is 0 Å². The molecule has 0 radical (unpaired) electrons. The van der Waals surface area contributed by atoms with Gasteiger partial charge in [-0.25, -0.2) is 0 Å². The Balaban J connectivity index is 0. The summed E-state index contributed by atoms with van der Waals surface area (Å²) in [5.74, 6) is -0.655. The van der Waals surface area contributed by atoms with Gasteiger partial charge in [0.1, 0.15) is 0 Å². The molecule has 0 fully saturated rings. The van der Waals surface area contributed by atoms with Gasteiger partial charge in [-0.3, -0.25) is 4.79 Å². The number of nitrogens with one attached hydrogen (secondary N) is 1. The van der Waals surface area contributed by atoms with Crippen LogP contribution in [0.4, 0.5) is 0 Å². The lowest BCUT2D eigenvalue weighted by molar-refractivity contribution is -0.137. The monoisotopic (exact) mass is 344 g/mol. The third kappa shape index (κ3) is 29.4. The molecule has 24 heavy (non-hydrogen) atoms. The molecule has 0 bridgehead atoms. The lowest BCUT2D eigenvalue weighted by atomic mass is 10.0. The highest BCUT2D eigenvalue weighted by atomic mass is 16.4. The van der Waals surface area contributed by atoms with Crippen molar-refractivity contribution in [2.24, 2.45) is 5.73 Å². The van der Waals surface area contributed by atoms with E-state index in [4.69, 9.17) is 10.8 Å². The van der Waals surface area contributed by atoms with Crippen LogP contribution in [-0.4, -0.2) is 30.7 Å². The molecular weight excluding hydrogens is 300 g/mol. The summed E-state index contributed by atoms with van der Waals surface area (Å²) in [7, 11) is 1.89. The van der Waals surface area contributed by atoms with Crippen molar-refractivity contribution in [2.75, 3.05) is 13.6 Å². The largest absolute Gasteiger partial charge is 0.481 e. The van der Waals surface area contributed by atoms with Crippen molar-refractivity contribution in [3.63, 3.8) is 0 Å². The molecular formula is C20H44N2O2. The molecule has 0 aliphatic heterocycles. The van der Waals surface area contributed by atoms with Crippen LogP contribution < -0.4 is 11.1 Å². The molecule has 1 unspecified atom stereocenters. The molecule has 0 aromatic rings. The van der Waals surface area contributed by atoms with Crippen LogP contribution in [0.5, 0.6) is 0 Å². The Morgan fingerprint density at radius 3 is 1.50 bits per heavy atom. The zero-order valence-electron chi connectivity index (χ0n) is 16.6. The Labute approximate surface area is 151 Å². The van der Waals surface area contributed by atoms with Crippen molar-refractivity contribution in [1.82, 2.24) is 5.32 Å². The second-order valence-electron chi connectivity index (χ2n) is 6.92. The van der Waals surface area contributed by atoms with Gasteiger partial charge in [0.15, 0.2) is 0 Å². The number of carboxylic acid groups (broad SMARTS) is 1. The average molecular weight is 345 g/mol. The first kappa shape index (κ1) is 25.6. The van der Waals surface area contributed by atoms with Crippen LogP contribution in [0.1, 0.15) is 104 Å². The number of hydrogen-bond acceptors (Lipinski definition) is 3. The zero-order valence-corrected chi connectivity index (χ0v) is 16.6. The van der Waals surface area contributed by atoms with Crippen molar-refractivity contribution >= 4 is 5.97 Å². The quantitative estimate of drug-likeness (QED) is 0.340. The number of aliphatic carboxylic acids is 1. The summed E-state index contributed by atoms with van der Waals surface area (Å²) < 4.78 is 0. The maximum atomic E-state index is 10.3. The molecule has 4 heteroatoms. The highest BCUT2D eigenvalue weighted by molar-refractivity contribution is 5.66. The number of carboxylic acids is 1. The number of likely N-dealkylation sites (N-methyl/N-ethyl adjacent to an activating group) is 1. The zero-order chi connectivity index (χ0) is 18.5. The summed E-state index contributed by atoms with van der Waals surface area (Å²) >= 11 is 0. The maximum absolute atomic E-state index is 10.3. The van der Waals surface area contributed by atoms with Gasteiger partial charge in [0.2, 0.25) is 0 Å². The van der Waals surface area contributed by atoms with E-state index in [2.05, 4.69) is 12.2 Å². The summed E-state index contributed by atoms with van der Waals surface area (Å²) in [6.07, 6.45) is 17.3. The third-order valence-electron chi connectivity index (χ3n) is 4.02. The second-order valence-corrected chi connectivity index (χ2v) is 6.92. The first-order valence-corrected chi connectivity index (χ1v) is 10.2. The first-order valence-electron chi connectivity index (χ1n) is 10.2. The highest BCUT2D eigenvalue weighted by Crippen LogP contribution is 2.12. The van der Waals surface area contributed by atoms with E-state index in [1.165, 1.54) is 70.6 Å². The number of hydrogen-bond donors (Lipinski definition) is 3. The molecule has 0 aliphatic carbocycles. The molecule has 146 valence electrons. The van der Waals surface area contributed by atoms with Crippen molar-refractivity contribution in [3.05, 3.63) is 0 Å². The summed E-state index contributed by atoms with van der Waals surface area (Å²) in [6, 6.07) is 0.287. The number of carbonyl (C=O) groups is 1. The van der Waals surface area contributed by atoms with Crippen LogP contribution in [0, 0.1) is 0 Å². The van der Waals surface area contributed by atoms with E-state index >= 15 is 0 Å². The highest BCUT2D eigenvalue weighted by Gasteiger charge is 1.96. The van der Waals surface area contributed by atoms with E-state index in [1.54, 1.807) is 0 Å². The van der Waals surface area contributed by atoms with Crippen molar-refractivity contribution in [1.29, 1.82) is 0 Å². The van der Waals surface area contributed by atoms with Gasteiger partial charge in [-0.05, 0) is 20.4 Å². The van der Waals surface area contributed by atoms with Crippen molar-refractivity contribution in [2.45, 2.75) is 110 Å². The molecule has 0 saturated carbocycles. The average Bonchev–Trinajstić information content (AvgIpc) is 2.52. The van der Waals surface area contributed by atoms with Gasteiger partial charge >= 0.3 is 5.97 Å². The molecule has 0 aromatic carbocycles. The van der Waals surface area contributed by atoms with Crippen LogP contribution in [0.2, 0.25) is 0 Å². The second kappa shape index (κ2) is 22.4. The van der Waals surface area contributed by atoms with Crippen molar-refractivity contribution < 1.29 is 9.90 Å². The minimum Gasteiger partial charge on any atom is -0.481 e. The van der Waals surface area contributed by atoms with E-state index in [0.29, 0.717) is 6.42 Å². The first-order chi connectivity index (χ1) is 11.5. The topological polar surface area (TPSA) is 75.3 Å². The number of rotatable bonds is 16. The van der Waals surface area contributed by atoms with E-state index in [-0.39, 0.29) is 6.04 Å². The molecule has 1 atom stereocenters. The number of unbranched alkanes of at least 4 members (excludes halogenated alkanes) is 12. The van der Waals surface area contributed by atoms with E-state index in [9.17, 15) is 4.79 Å². The summed E-state index contributed by atoms with van der Waals surface area (Å²) in [6.45, 7) is 5.13. The molecule has 0 amide bonds. The van der Waals surface area contributed by atoms with Crippen LogP contribution in [0.15, 0.2) is 0 Å². The van der Waals surface area contributed by atoms with Gasteiger partial charge in [0.25, 0.3) is 0 Å². The van der Waals surface area contributed by atoms with Gasteiger partial charge in [-0.1, -0.05) is 84.0 Å². The van der Waals surface area contributed by atoms with E-state index < -0.39 is 5.97 Å².